The lowest BCUT2D eigenvalue weighted by atomic mass is 10.4. The van der Waals surface area contributed by atoms with E-state index in [2.05, 4.69) is 20.1 Å². The second-order valence-electron chi connectivity index (χ2n) is 3.39. The van der Waals surface area contributed by atoms with Crippen molar-refractivity contribution in [1.29, 1.82) is 5.26 Å². The maximum atomic E-state index is 8.66. The molecule has 0 unspecified atom stereocenters. The molecule has 8 nitrogen and oxygen atoms in total. The highest BCUT2D eigenvalue weighted by Crippen LogP contribution is 2.22. The van der Waals surface area contributed by atoms with Crippen molar-refractivity contribution >= 4 is 5.69 Å². The molecule has 0 aliphatic carbocycles. The topological polar surface area (TPSA) is 116 Å². The molecule has 0 atom stereocenters. The Morgan fingerprint density at radius 2 is 2.28 bits per heavy atom. The number of nitrogen functional groups attached to an aromatic ring is 1. The molecule has 0 saturated heterocycles. The minimum atomic E-state index is 0.0454. The summed E-state index contributed by atoms with van der Waals surface area (Å²) in [6.07, 6.45) is 3.53. The first-order chi connectivity index (χ1) is 8.76. The Hall–Kier alpha value is -2.69. The van der Waals surface area contributed by atoms with Crippen molar-refractivity contribution in [1.82, 2.24) is 24.7 Å². The molecule has 92 valence electrons. The molecule has 2 aromatic heterocycles. The van der Waals surface area contributed by atoms with Crippen LogP contribution in [0.3, 0.4) is 0 Å². The van der Waals surface area contributed by atoms with Crippen molar-refractivity contribution in [2.24, 2.45) is 0 Å². The van der Waals surface area contributed by atoms with Gasteiger partial charge in [-0.15, -0.1) is 5.10 Å². The first kappa shape index (κ1) is 11.8. The van der Waals surface area contributed by atoms with Gasteiger partial charge in [0.15, 0.2) is 5.82 Å². The molecule has 0 radical (unpaired) electrons. The van der Waals surface area contributed by atoms with Gasteiger partial charge in [0.25, 0.3) is 5.82 Å². The zero-order valence-electron chi connectivity index (χ0n) is 9.74. The van der Waals surface area contributed by atoms with E-state index < -0.39 is 0 Å². The van der Waals surface area contributed by atoms with Crippen LogP contribution in [-0.2, 0) is 0 Å². The summed E-state index contributed by atoms with van der Waals surface area (Å²) in [5.74, 6) is 0.685. The number of nitrogens with two attached hydrogens (primary N) is 1. The Balaban J connectivity index is 2.36. The smallest absolute Gasteiger partial charge is 0.252 e. The predicted octanol–water partition coefficient (Wildman–Crippen LogP) is 0.300. The molecule has 0 aromatic carbocycles. The quantitative estimate of drug-likeness (QED) is 0.823. The van der Waals surface area contributed by atoms with Gasteiger partial charge >= 0.3 is 0 Å². The molecule has 2 heterocycles. The third-order valence-corrected chi connectivity index (χ3v) is 2.08. The summed E-state index contributed by atoms with van der Waals surface area (Å²) in [5, 5.41) is 12.6. The van der Waals surface area contributed by atoms with Crippen molar-refractivity contribution in [2.75, 3.05) is 12.3 Å². The number of hydrogen-bond donors (Lipinski definition) is 1. The predicted molar refractivity (Wildman–Crippen MR) is 61.9 cm³/mol. The molecule has 0 aliphatic heterocycles. The van der Waals surface area contributed by atoms with E-state index in [1.165, 1.54) is 17.3 Å². The molecule has 0 spiro atoms. The van der Waals surface area contributed by atoms with E-state index in [1.54, 1.807) is 0 Å². The number of hydrogen-bond acceptors (Lipinski definition) is 7. The Kier molecular flexibility index (Phi) is 3.33. The summed E-state index contributed by atoms with van der Waals surface area (Å²) < 4.78 is 6.69. The van der Waals surface area contributed by atoms with Gasteiger partial charge in [-0.1, -0.05) is 6.92 Å². The second-order valence-corrected chi connectivity index (χ2v) is 3.39. The maximum Gasteiger partial charge on any atom is 0.252 e. The highest BCUT2D eigenvalue weighted by atomic mass is 16.5. The molecule has 0 bridgehead atoms. The zero-order valence-corrected chi connectivity index (χ0v) is 9.74. The second kappa shape index (κ2) is 5.09. The SMILES string of the molecule is CCCOc1ncnc(-n2cnc(C#N)n2)c1N. The Morgan fingerprint density at radius 3 is 2.94 bits per heavy atom. The van der Waals surface area contributed by atoms with Crippen LogP contribution in [0.1, 0.15) is 19.2 Å². The van der Waals surface area contributed by atoms with Crippen molar-refractivity contribution in [3.63, 3.8) is 0 Å². The van der Waals surface area contributed by atoms with Crippen molar-refractivity contribution in [2.45, 2.75) is 13.3 Å². The highest BCUT2D eigenvalue weighted by molar-refractivity contribution is 5.59. The van der Waals surface area contributed by atoms with E-state index in [0.717, 1.165) is 6.42 Å². The molecule has 0 amide bonds. The molecular formula is C10H11N7O. The van der Waals surface area contributed by atoms with Crippen LogP contribution >= 0.6 is 0 Å². The van der Waals surface area contributed by atoms with E-state index in [4.69, 9.17) is 15.7 Å². The number of ether oxygens (including phenoxy) is 1. The fourth-order valence-electron chi connectivity index (χ4n) is 1.28. The van der Waals surface area contributed by atoms with Gasteiger partial charge in [0.1, 0.15) is 24.4 Å². The molecule has 2 N–H and O–H groups in total. The monoisotopic (exact) mass is 245 g/mol. The van der Waals surface area contributed by atoms with Crippen LogP contribution in [0.25, 0.3) is 5.82 Å². The summed E-state index contributed by atoms with van der Waals surface area (Å²) in [4.78, 5) is 11.7. The van der Waals surface area contributed by atoms with Gasteiger partial charge in [-0.2, -0.15) is 14.9 Å². The summed E-state index contributed by atoms with van der Waals surface area (Å²) in [7, 11) is 0. The van der Waals surface area contributed by atoms with Crippen LogP contribution in [0.4, 0.5) is 5.69 Å². The molecule has 2 rings (SSSR count). The largest absolute Gasteiger partial charge is 0.476 e. The van der Waals surface area contributed by atoms with Gasteiger partial charge in [0.05, 0.1) is 6.61 Å². The van der Waals surface area contributed by atoms with Gasteiger partial charge < -0.3 is 10.5 Å². The van der Waals surface area contributed by atoms with Gasteiger partial charge in [0, 0.05) is 0 Å². The third-order valence-electron chi connectivity index (χ3n) is 2.08. The van der Waals surface area contributed by atoms with Gasteiger partial charge in [-0.3, -0.25) is 0 Å². The summed E-state index contributed by atoms with van der Waals surface area (Å²) >= 11 is 0. The lowest BCUT2D eigenvalue weighted by molar-refractivity contribution is 0.306. The standard InChI is InChI=1S/C10H11N7O/c1-2-3-18-10-8(12)9(13-5-14-10)17-6-15-7(4-11)16-17/h5-6H,2-3,12H2,1H3. The molecule has 0 aliphatic rings. The number of nitriles is 1. The number of aromatic nitrogens is 5. The number of nitrogens with zero attached hydrogens (tertiary/aromatic N) is 6. The summed E-state index contributed by atoms with van der Waals surface area (Å²) in [6.45, 7) is 2.50. The van der Waals surface area contributed by atoms with Crippen LogP contribution in [-0.4, -0.2) is 31.3 Å². The molecule has 8 heteroatoms. The lowest BCUT2D eigenvalue weighted by Crippen LogP contribution is -2.08. The normalized spacial score (nSPS) is 10.0. The van der Waals surface area contributed by atoms with Crippen molar-refractivity contribution < 1.29 is 4.74 Å². The minimum absolute atomic E-state index is 0.0454. The number of anilines is 1. The maximum absolute atomic E-state index is 8.66. The van der Waals surface area contributed by atoms with Crippen LogP contribution in [0.15, 0.2) is 12.7 Å². The summed E-state index contributed by atoms with van der Waals surface area (Å²) in [5.41, 5.74) is 6.15. The third kappa shape index (κ3) is 2.20. The van der Waals surface area contributed by atoms with Crippen molar-refractivity contribution in [3.8, 4) is 17.8 Å². The lowest BCUT2D eigenvalue weighted by Gasteiger charge is -2.08. The first-order valence-corrected chi connectivity index (χ1v) is 5.31. The summed E-state index contributed by atoms with van der Waals surface area (Å²) in [6, 6.07) is 1.83. The van der Waals surface area contributed by atoms with E-state index in [1.807, 2.05) is 13.0 Å². The Labute approximate surface area is 103 Å². The fourth-order valence-corrected chi connectivity index (χ4v) is 1.28. The van der Waals surface area contributed by atoms with E-state index in [-0.39, 0.29) is 11.5 Å². The van der Waals surface area contributed by atoms with E-state index in [9.17, 15) is 0 Å². The van der Waals surface area contributed by atoms with Crippen LogP contribution in [0.2, 0.25) is 0 Å². The van der Waals surface area contributed by atoms with Crippen LogP contribution in [0, 0.1) is 11.3 Å². The minimum Gasteiger partial charge on any atom is -0.476 e. The van der Waals surface area contributed by atoms with Gasteiger partial charge in [-0.25, -0.2) is 9.97 Å². The van der Waals surface area contributed by atoms with Crippen LogP contribution in [0.5, 0.6) is 5.88 Å². The van der Waals surface area contributed by atoms with Crippen molar-refractivity contribution in [3.05, 3.63) is 18.5 Å². The van der Waals surface area contributed by atoms with Crippen LogP contribution < -0.4 is 10.5 Å². The molecule has 0 saturated carbocycles. The molecule has 2 aromatic rings. The molecule has 18 heavy (non-hydrogen) atoms. The van der Waals surface area contributed by atoms with E-state index in [0.29, 0.717) is 18.3 Å². The molecule has 0 fully saturated rings. The van der Waals surface area contributed by atoms with Gasteiger partial charge in [-0.05, 0) is 6.42 Å². The molecular weight excluding hydrogens is 234 g/mol. The first-order valence-electron chi connectivity index (χ1n) is 5.31. The highest BCUT2D eigenvalue weighted by Gasteiger charge is 2.12. The Morgan fingerprint density at radius 1 is 1.44 bits per heavy atom. The number of rotatable bonds is 4. The fraction of sp³-hybridized carbons (Fsp3) is 0.300. The zero-order chi connectivity index (χ0) is 13.0. The average Bonchev–Trinajstić information content (AvgIpc) is 2.86. The average molecular weight is 245 g/mol. The van der Waals surface area contributed by atoms with E-state index >= 15 is 0 Å². The van der Waals surface area contributed by atoms with Gasteiger partial charge in [0.2, 0.25) is 5.88 Å². The Bertz CT molecular complexity index is 586.